The van der Waals surface area contributed by atoms with Crippen molar-refractivity contribution in [3.8, 4) is 0 Å². The Morgan fingerprint density at radius 3 is 2.72 bits per heavy atom. The Hall–Kier alpha value is -0.610. The minimum Gasteiger partial charge on any atom is -0.378 e. The Morgan fingerprint density at radius 2 is 2.11 bits per heavy atom. The minimum atomic E-state index is 0.188. The molecule has 1 amide bonds. The summed E-state index contributed by atoms with van der Waals surface area (Å²) in [6, 6.07) is 0.608. The number of likely N-dealkylation sites (tertiary alicyclic amines) is 1. The number of carbonyl (C=O) groups is 1. The van der Waals surface area contributed by atoms with Crippen molar-refractivity contribution in [1.82, 2.24) is 10.2 Å². The molecule has 2 saturated heterocycles. The Kier molecular flexibility index (Phi) is 5.45. The second-order valence-corrected chi connectivity index (χ2v) is 5.45. The predicted molar refractivity (Wildman–Crippen MR) is 71.5 cm³/mol. The van der Waals surface area contributed by atoms with Crippen LogP contribution in [0.5, 0.6) is 0 Å². The summed E-state index contributed by atoms with van der Waals surface area (Å²) in [7, 11) is 0. The summed E-state index contributed by atoms with van der Waals surface area (Å²) in [4.78, 5) is 14.1. The largest absolute Gasteiger partial charge is 0.378 e. The molecule has 2 fully saturated rings. The van der Waals surface area contributed by atoms with Crippen LogP contribution in [-0.2, 0) is 9.53 Å². The molecular formula is C14H26N2O2. The lowest BCUT2D eigenvalue weighted by Crippen LogP contribution is -2.45. The fourth-order valence-electron chi connectivity index (χ4n) is 2.81. The molecule has 0 spiro atoms. The van der Waals surface area contributed by atoms with Gasteiger partial charge in [0.1, 0.15) is 0 Å². The summed E-state index contributed by atoms with van der Waals surface area (Å²) < 4.78 is 5.53. The zero-order chi connectivity index (χ0) is 12.8. The van der Waals surface area contributed by atoms with Crippen LogP contribution in [-0.4, -0.2) is 49.2 Å². The van der Waals surface area contributed by atoms with Gasteiger partial charge in [0, 0.05) is 25.7 Å². The van der Waals surface area contributed by atoms with E-state index in [2.05, 4.69) is 12.2 Å². The van der Waals surface area contributed by atoms with Gasteiger partial charge in [-0.3, -0.25) is 4.79 Å². The zero-order valence-electron chi connectivity index (χ0n) is 11.5. The Morgan fingerprint density at radius 1 is 1.33 bits per heavy atom. The molecule has 104 valence electrons. The number of hydrogen-bond donors (Lipinski definition) is 1. The molecule has 4 nitrogen and oxygen atoms in total. The van der Waals surface area contributed by atoms with Crippen LogP contribution < -0.4 is 5.32 Å². The van der Waals surface area contributed by atoms with Crippen molar-refractivity contribution in [2.24, 2.45) is 0 Å². The van der Waals surface area contributed by atoms with Gasteiger partial charge in [0.05, 0.1) is 12.5 Å². The topological polar surface area (TPSA) is 41.6 Å². The van der Waals surface area contributed by atoms with E-state index >= 15 is 0 Å². The monoisotopic (exact) mass is 254 g/mol. The van der Waals surface area contributed by atoms with Gasteiger partial charge in [0.15, 0.2) is 0 Å². The quantitative estimate of drug-likeness (QED) is 0.809. The molecule has 18 heavy (non-hydrogen) atoms. The highest BCUT2D eigenvalue weighted by Gasteiger charge is 2.26. The molecule has 2 rings (SSSR count). The molecule has 0 saturated carbocycles. The molecular weight excluding hydrogens is 228 g/mol. The fourth-order valence-corrected chi connectivity index (χ4v) is 2.81. The number of ether oxygens (including phenoxy) is 1. The SMILES string of the molecule is CCCNC1CCN(C(=O)CC2CCCO2)CC1. The standard InChI is InChI=1S/C14H26N2O2/c1-2-7-15-12-5-8-16(9-6-12)14(17)11-13-4-3-10-18-13/h12-13,15H,2-11H2,1H3. The number of hydrogen-bond acceptors (Lipinski definition) is 3. The first kappa shape index (κ1) is 13.8. The molecule has 2 heterocycles. The van der Waals surface area contributed by atoms with Crippen LogP contribution in [0.4, 0.5) is 0 Å². The van der Waals surface area contributed by atoms with Crippen molar-refractivity contribution in [1.29, 1.82) is 0 Å². The maximum absolute atomic E-state index is 12.1. The van der Waals surface area contributed by atoms with E-state index in [0.717, 1.165) is 51.9 Å². The van der Waals surface area contributed by atoms with E-state index in [1.807, 2.05) is 4.90 Å². The van der Waals surface area contributed by atoms with E-state index in [0.29, 0.717) is 12.5 Å². The van der Waals surface area contributed by atoms with E-state index in [4.69, 9.17) is 4.74 Å². The molecule has 0 bridgehead atoms. The van der Waals surface area contributed by atoms with Gasteiger partial charge in [-0.2, -0.15) is 0 Å². The summed E-state index contributed by atoms with van der Waals surface area (Å²) in [6.45, 7) is 5.93. The second-order valence-electron chi connectivity index (χ2n) is 5.45. The third kappa shape index (κ3) is 3.95. The highest BCUT2D eigenvalue weighted by molar-refractivity contribution is 5.76. The molecule has 4 heteroatoms. The fraction of sp³-hybridized carbons (Fsp3) is 0.929. The van der Waals surface area contributed by atoms with Crippen LogP contribution in [0.3, 0.4) is 0 Å². The van der Waals surface area contributed by atoms with E-state index in [9.17, 15) is 4.79 Å². The second kappa shape index (κ2) is 7.10. The zero-order valence-corrected chi connectivity index (χ0v) is 11.5. The molecule has 0 aromatic heterocycles. The molecule has 2 aliphatic rings. The van der Waals surface area contributed by atoms with Crippen molar-refractivity contribution in [2.45, 2.75) is 57.6 Å². The number of nitrogens with zero attached hydrogens (tertiary/aromatic N) is 1. The number of piperidine rings is 1. The molecule has 0 radical (unpaired) electrons. The predicted octanol–water partition coefficient (Wildman–Crippen LogP) is 1.55. The van der Waals surface area contributed by atoms with Crippen molar-refractivity contribution in [3.63, 3.8) is 0 Å². The number of carbonyl (C=O) groups excluding carboxylic acids is 1. The van der Waals surface area contributed by atoms with Crippen molar-refractivity contribution in [3.05, 3.63) is 0 Å². The van der Waals surface area contributed by atoms with Crippen LogP contribution in [0.25, 0.3) is 0 Å². The molecule has 1 N–H and O–H groups in total. The van der Waals surface area contributed by atoms with E-state index in [-0.39, 0.29) is 12.0 Å². The maximum atomic E-state index is 12.1. The van der Waals surface area contributed by atoms with Crippen LogP contribution in [0, 0.1) is 0 Å². The van der Waals surface area contributed by atoms with Gasteiger partial charge in [-0.1, -0.05) is 6.92 Å². The average molecular weight is 254 g/mol. The first-order valence-electron chi connectivity index (χ1n) is 7.42. The summed E-state index contributed by atoms with van der Waals surface area (Å²) >= 11 is 0. The van der Waals surface area contributed by atoms with Gasteiger partial charge in [-0.25, -0.2) is 0 Å². The summed E-state index contributed by atoms with van der Waals surface area (Å²) in [5.41, 5.74) is 0. The number of nitrogens with one attached hydrogen (secondary N) is 1. The highest BCUT2D eigenvalue weighted by atomic mass is 16.5. The minimum absolute atomic E-state index is 0.188. The summed E-state index contributed by atoms with van der Waals surface area (Å²) in [5, 5.41) is 3.54. The van der Waals surface area contributed by atoms with Crippen LogP contribution in [0.1, 0.15) is 45.4 Å². The van der Waals surface area contributed by atoms with Crippen molar-refractivity contribution >= 4 is 5.91 Å². The molecule has 1 atom stereocenters. The van der Waals surface area contributed by atoms with Gasteiger partial charge < -0.3 is 15.0 Å². The van der Waals surface area contributed by atoms with Gasteiger partial charge in [-0.05, 0) is 38.6 Å². The Balaban J connectivity index is 1.66. The first-order valence-corrected chi connectivity index (χ1v) is 7.42. The Labute approximate surface area is 110 Å². The van der Waals surface area contributed by atoms with E-state index < -0.39 is 0 Å². The Bertz CT molecular complexity index is 257. The van der Waals surface area contributed by atoms with E-state index in [1.54, 1.807) is 0 Å². The average Bonchev–Trinajstić information content (AvgIpc) is 2.89. The normalized spacial score (nSPS) is 25.6. The summed E-state index contributed by atoms with van der Waals surface area (Å²) in [5.74, 6) is 0.288. The van der Waals surface area contributed by atoms with Crippen molar-refractivity contribution < 1.29 is 9.53 Å². The summed E-state index contributed by atoms with van der Waals surface area (Å²) in [6.07, 6.45) is 6.31. The van der Waals surface area contributed by atoms with Gasteiger partial charge in [0.25, 0.3) is 0 Å². The maximum Gasteiger partial charge on any atom is 0.225 e. The van der Waals surface area contributed by atoms with Crippen LogP contribution in [0.2, 0.25) is 0 Å². The lowest BCUT2D eigenvalue weighted by molar-refractivity contribution is -0.134. The van der Waals surface area contributed by atoms with Gasteiger partial charge in [0.2, 0.25) is 5.91 Å². The lowest BCUT2D eigenvalue weighted by Gasteiger charge is -2.33. The molecule has 2 aliphatic heterocycles. The third-order valence-corrected chi connectivity index (χ3v) is 3.96. The van der Waals surface area contributed by atoms with E-state index in [1.165, 1.54) is 6.42 Å². The molecule has 0 aromatic carbocycles. The number of amides is 1. The number of rotatable bonds is 5. The van der Waals surface area contributed by atoms with Gasteiger partial charge >= 0.3 is 0 Å². The molecule has 0 aliphatic carbocycles. The van der Waals surface area contributed by atoms with Gasteiger partial charge in [-0.15, -0.1) is 0 Å². The first-order chi connectivity index (χ1) is 8.79. The van der Waals surface area contributed by atoms with Crippen LogP contribution in [0.15, 0.2) is 0 Å². The smallest absolute Gasteiger partial charge is 0.225 e. The van der Waals surface area contributed by atoms with Crippen molar-refractivity contribution in [2.75, 3.05) is 26.2 Å². The van der Waals surface area contributed by atoms with Crippen LogP contribution >= 0.6 is 0 Å². The highest BCUT2D eigenvalue weighted by Crippen LogP contribution is 2.18. The third-order valence-electron chi connectivity index (χ3n) is 3.96. The molecule has 0 aromatic rings. The molecule has 1 unspecified atom stereocenters. The lowest BCUT2D eigenvalue weighted by atomic mass is 10.0.